The molecule has 1 aliphatic heterocycles. The molecule has 1 rings (SSSR count). The summed E-state index contributed by atoms with van der Waals surface area (Å²) in [5.41, 5.74) is 0. The molecule has 0 bridgehead atoms. The van der Waals surface area contributed by atoms with Crippen molar-refractivity contribution in [1.29, 1.82) is 0 Å². The Morgan fingerprint density at radius 1 is 1.71 bits per heavy atom. The lowest BCUT2D eigenvalue weighted by Crippen LogP contribution is -2.45. The molecular weight excluding hydrogens is 180 g/mol. The summed E-state index contributed by atoms with van der Waals surface area (Å²) < 4.78 is 0. The van der Waals surface area contributed by atoms with Crippen molar-refractivity contribution in [1.82, 2.24) is 10.6 Å². The number of hydrogen-bond donors (Lipinski definition) is 3. The number of carbonyl (C=O) groups is 1. The third kappa shape index (κ3) is 3.27. The molecule has 1 unspecified atom stereocenters. The summed E-state index contributed by atoms with van der Waals surface area (Å²) in [6, 6.07) is -0.0792. The van der Waals surface area contributed by atoms with Crippen LogP contribution in [-0.2, 0) is 4.79 Å². The second-order valence-corrected chi connectivity index (χ2v) is 3.84. The van der Waals surface area contributed by atoms with Gasteiger partial charge in [0, 0.05) is 6.54 Å². The van der Waals surface area contributed by atoms with Crippen LogP contribution in [0.1, 0.15) is 26.2 Å². The average Bonchev–Trinajstić information content (AvgIpc) is 2.26. The van der Waals surface area contributed by atoms with Crippen LogP contribution in [0.2, 0.25) is 0 Å². The monoisotopic (exact) mass is 200 g/mol. The van der Waals surface area contributed by atoms with Gasteiger partial charge >= 0.3 is 0 Å². The molecule has 14 heavy (non-hydrogen) atoms. The molecule has 1 heterocycles. The molecule has 1 aliphatic rings. The standard InChI is InChI=1S/C10H20N2O2/c1-2-9(7-13)12-10(14)8-4-3-5-11-6-8/h8-9,11,13H,2-7H2,1H3,(H,12,14)/t8?,9-/m1/s1. The Morgan fingerprint density at radius 2 is 2.50 bits per heavy atom. The lowest BCUT2D eigenvalue weighted by Gasteiger charge is -2.24. The predicted molar refractivity (Wildman–Crippen MR) is 54.9 cm³/mol. The van der Waals surface area contributed by atoms with Crippen molar-refractivity contribution < 1.29 is 9.90 Å². The van der Waals surface area contributed by atoms with Crippen LogP contribution in [-0.4, -0.2) is 36.8 Å². The zero-order valence-corrected chi connectivity index (χ0v) is 8.75. The van der Waals surface area contributed by atoms with Gasteiger partial charge in [-0.25, -0.2) is 0 Å². The largest absolute Gasteiger partial charge is 0.394 e. The summed E-state index contributed by atoms with van der Waals surface area (Å²) in [6.45, 7) is 3.78. The highest BCUT2D eigenvalue weighted by atomic mass is 16.3. The third-order valence-electron chi connectivity index (χ3n) is 2.73. The maximum absolute atomic E-state index is 11.7. The van der Waals surface area contributed by atoms with Crippen molar-refractivity contribution in [3.8, 4) is 0 Å². The van der Waals surface area contributed by atoms with Crippen LogP contribution in [0, 0.1) is 5.92 Å². The summed E-state index contributed by atoms with van der Waals surface area (Å²) in [6.07, 6.45) is 2.80. The molecule has 0 aromatic heterocycles. The van der Waals surface area contributed by atoms with Crippen molar-refractivity contribution in [3.63, 3.8) is 0 Å². The molecule has 0 saturated carbocycles. The van der Waals surface area contributed by atoms with Crippen LogP contribution in [0.4, 0.5) is 0 Å². The summed E-state index contributed by atoms with van der Waals surface area (Å²) in [4.78, 5) is 11.7. The fourth-order valence-electron chi connectivity index (χ4n) is 1.67. The van der Waals surface area contributed by atoms with E-state index in [1.54, 1.807) is 0 Å². The first-order valence-electron chi connectivity index (χ1n) is 5.39. The number of nitrogens with one attached hydrogen (secondary N) is 2. The quantitative estimate of drug-likeness (QED) is 0.592. The topological polar surface area (TPSA) is 61.4 Å². The molecule has 4 nitrogen and oxygen atoms in total. The molecule has 82 valence electrons. The zero-order valence-electron chi connectivity index (χ0n) is 8.75. The van der Waals surface area contributed by atoms with Crippen molar-refractivity contribution in [2.24, 2.45) is 5.92 Å². The van der Waals surface area contributed by atoms with Gasteiger partial charge in [0.2, 0.25) is 5.91 Å². The van der Waals surface area contributed by atoms with E-state index in [9.17, 15) is 4.79 Å². The molecule has 3 N–H and O–H groups in total. The Hall–Kier alpha value is -0.610. The first kappa shape index (κ1) is 11.5. The minimum absolute atomic E-state index is 0.0301. The van der Waals surface area contributed by atoms with E-state index in [1.807, 2.05) is 6.92 Å². The molecule has 0 aromatic rings. The highest BCUT2D eigenvalue weighted by Crippen LogP contribution is 2.10. The van der Waals surface area contributed by atoms with Crippen LogP contribution >= 0.6 is 0 Å². The Labute approximate surface area is 85.1 Å². The molecule has 0 radical (unpaired) electrons. The Bertz CT molecular complexity index is 175. The Kier molecular flexibility index (Phi) is 4.90. The van der Waals surface area contributed by atoms with E-state index in [0.29, 0.717) is 0 Å². The van der Waals surface area contributed by atoms with E-state index >= 15 is 0 Å². The van der Waals surface area contributed by atoms with Gasteiger partial charge in [-0.1, -0.05) is 6.92 Å². The van der Waals surface area contributed by atoms with Crippen LogP contribution in [0.5, 0.6) is 0 Å². The second-order valence-electron chi connectivity index (χ2n) is 3.84. The highest BCUT2D eigenvalue weighted by molar-refractivity contribution is 5.79. The summed E-state index contributed by atoms with van der Waals surface area (Å²) >= 11 is 0. The molecule has 0 aromatic carbocycles. The molecule has 4 heteroatoms. The van der Waals surface area contributed by atoms with E-state index < -0.39 is 0 Å². The number of carbonyl (C=O) groups excluding carboxylic acids is 1. The van der Waals surface area contributed by atoms with Gasteiger partial charge in [-0.3, -0.25) is 4.79 Å². The van der Waals surface area contributed by atoms with E-state index in [-0.39, 0.29) is 24.5 Å². The van der Waals surface area contributed by atoms with Gasteiger partial charge in [-0.05, 0) is 25.8 Å². The minimum Gasteiger partial charge on any atom is -0.394 e. The number of aliphatic hydroxyl groups excluding tert-OH is 1. The molecular formula is C10H20N2O2. The SMILES string of the molecule is CC[C@H](CO)NC(=O)C1CCCNC1. The van der Waals surface area contributed by atoms with Crippen LogP contribution < -0.4 is 10.6 Å². The van der Waals surface area contributed by atoms with Crippen molar-refractivity contribution in [3.05, 3.63) is 0 Å². The van der Waals surface area contributed by atoms with E-state index in [2.05, 4.69) is 10.6 Å². The third-order valence-corrected chi connectivity index (χ3v) is 2.73. The summed E-state index contributed by atoms with van der Waals surface area (Å²) in [7, 11) is 0. The van der Waals surface area contributed by atoms with Crippen LogP contribution in [0.3, 0.4) is 0 Å². The average molecular weight is 200 g/mol. The number of amides is 1. The highest BCUT2D eigenvalue weighted by Gasteiger charge is 2.22. The van der Waals surface area contributed by atoms with Gasteiger partial charge in [0.05, 0.1) is 18.6 Å². The maximum atomic E-state index is 11.7. The van der Waals surface area contributed by atoms with Crippen molar-refractivity contribution in [2.45, 2.75) is 32.2 Å². The van der Waals surface area contributed by atoms with Gasteiger partial charge in [0.25, 0.3) is 0 Å². The van der Waals surface area contributed by atoms with Crippen molar-refractivity contribution >= 4 is 5.91 Å². The molecule has 1 saturated heterocycles. The van der Waals surface area contributed by atoms with Gasteiger partial charge in [0.1, 0.15) is 0 Å². The Balaban J connectivity index is 2.32. The number of rotatable bonds is 4. The van der Waals surface area contributed by atoms with E-state index in [4.69, 9.17) is 5.11 Å². The first-order chi connectivity index (χ1) is 6.77. The van der Waals surface area contributed by atoms with Gasteiger partial charge in [-0.2, -0.15) is 0 Å². The fourth-order valence-corrected chi connectivity index (χ4v) is 1.67. The second kappa shape index (κ2) is 5.98. The lowest BCUT2D eigenvalue weighted by atomic mass is 9.98. The maximum Gasteiger partial charge on any atom is 0.224 e. The van der Waals surface area contributed by atoms with Gasteiger partial charge < -0.3 is 15.7 Å². The van der Waals surface area contributed by atoms with E-state index in [0.717, 1.165) is 32.4 Å². The van der Waals surface area contributed by atoms with Crippen LogP contribution in [0.15, 0.2) is 0 Å². The van der Waals surface area contributed by atoms with E-state index in [1.165, 1.54) is 0 Å². The summed E-state index contributed by atoms with van der Waals surface area (Å²) in [5.74, 6) is 0.169. The van der Waals surface area contributed by atoms with Gasteiger partial charge in [0.15, 0.2) is 0 Å². The molecule has 1 fully saturated rings. The first-order valence-corrected chi connectivity index (χ1v) is 5.39. The van der Waals surface area contributed by atoms with Crippen LogP contribution in [0.25, 0.3) is 0 Å². The number of aliphatic hydroxyl groups is 1. The zero-order chi connectivity index (χ0) is 10.4. The van der Waals surface area contributed by atoms with Crippen molar-refractivity contribution in [2.75, 3.05) is 19.7 Å². The molecule has 1 amide bonds. The summed E-state index contributed by atoms with van der Waals surface area (Å²) in [5, 5.41) is 15.0. The molecule has 0 aliphatic carbocycles. The minimum atomic E-state index is -0.0792. The number of hydrogen-bond acceptors (Lipinski definition) is 3. The predicted octanol–water partition coefficient (Wildman–Crippen LogP) is -0.127. The smallest absolute Gasteiger partial charge is 0.224 e. The Morgan fingerprint density at radius 3 is 3.00 bits per heavy atom. The van der Waals surface area contributed by atoms with Gasteiger partial charge in [-0.15, -0.1) is 0 Å². The number of piperidine rings is 1. The fraction of sp³-hybridized carbons (Fsp3) is 0.900. The normalized spacial score (nSPS) is 24.3. The lowest BCUT2D eigenvalue weighted by molar-refractivity contribution is -0.126. The molecule has 0 spiro atoms. The molecule has 2 atom stereocenters.